The van der Waals surface area contributed by atoms with Gasteiger partial charge in [-0.2, -0.15) is 0 Å². The molecule has 0 heterocycles. The summed E-state index contributed by atoms with van der Waals surface area (Å²) >= 11 is 0. The lowest BCUT2D eigenvalue weighted by Gasteiger charge is -2.08. The Balaban J connectivity index is 1.49. The van der Waals surface area contributed by atoms with E-state index in [4.69, 9.17) is 29.2 Å². The van der Waals surface area contributed by atoms with Crippen LogP contribution in [0.4, 0.5) is 0 Å². The van der Waals surface area contributed by atoms with Crippen molar-refractivity contribution in [3.05, 3.63) is 95.1 Å². The molecule has 0 aliphatic rings. The van der Waals surface area contributed by atoms with Gasteiger partial charge in [0.05, 0.1) is 35.5 Å². The number of aliphatic hydroxyl groups excluding tert-OH is 2. The van der Waals surface area contributed by atoms with Gasteiger partial charge in [-0.1, -0.05) is 0 Å². The molecular formula is C30H30O10. The second-order valence-corrected chi connectivity index (χ2v) is 8.54. The van der Waals surface area contributed by atoms with Crippen molar-refractivity contribution in [1.82, 2.24) is 0 Å². The summed E-state index contributed by atoms with van der Waals surface area (Å²) in [6, 6.07) is 17.5. The lowest BCUT2D eigenvalue weighted by molar-refractivity contribution is 0.0484. The summed E-state index contributed by atoms with van der Waals surface area (Å²) in [6.45, 7) is 0.479. The monoisotopic (exact) mass is 550 g/mol. The lowest BCUT2D eigenvalue weighted by Crippen LogP contribution is -2.12. The molecule has 0 spiro atoms. The minimum Gasteiger partial charge on any atom is -0.462 e. The molecule has 10 nitrogen and oxygen atoms in total. The molecular weight excluding hydrogens is 520 g/mol. The second kappa shape index (κ2) is 15.8. The van der Waals surface area contributed by atoms with Gasteiger partial charge < -0.3 is 29.2 Å². The molecule has 210 valence electrons. The van der Waals surface area contributed by atoms with Crippen LogP contribution in [0.15, 0.2) is 72.8 Å². The number of hydrogen-bond donors (Lipinski definition) is 2. The predicted molar refractivity (Wildman–Crippen MR) is 142 cm³/mol. The molecule has 3 aromatic carbocycles. The van der Waals surface area contributed by atoms with Crippen molar-refractivity contribution in [3.8, 4) is 11.5 Å². The number of hydrogen-bond acceptors (Lipinski definition) is 10. The van der Waals surface area contributed by atoms with E-state index in [-0.39, 0.29) is 49.1 Å². The fourth-order valence-corrected chi connectivity index (χ4v) is 3.32. The van der Waals surface area contributed by atoms with Gasteiger partial charge in [0.15, 0.2) is 0 Å². The van der Waals surface area contributed by atoms with Gasteiger partial charge in [0.2, 0.25) is 0 Å². The van der Waals surface area contributed by atoms with E-state index in [9.17, 15) is 19.2 Å². The summed E-state index contributed by atoms with van der Waals surface area (Å²) in [5, 5.41) is 17.5. The highest BCUT2D eigenvalue weighted by atomic mass is 16.5. The van der Waals surface area contributed by atoms with Crippen LogP contribution in [0.25, 0.3) is 0 Å². The molecule has 3 aromatic rings. The van der Waals surface area contributed by atoms with Crippen LogP contribution >= 0.6 is 0 Å². The summed E-state index contributed by atoms with van der Waals surface area (Å²) in [4.78, 5) is 49.0. The minimum atomic E-state index is -0.655. The van der Waals surface area contributed by atoms with Crippen LogP contribution in [-0.2, 0) is 9.47 Å². The standard InChI is InChI=1S/C30H30O10/c31-17-1-3-19-37-27(33)21-9-13-25(14-10-21)39-29(35)23-5-7-24(8-6-23)30(36)40-26-15-11-22(12-16-26)28(34)38-20-4-2-18-32/h5-16,31-32H,1-4,17-20H2. The number of ether oxygens (including phenoxy) is 4. The Hall–Kier alpha value is -4.54. The largest absolute Gasteiger partial charge is 0.462 e. The van der Waals surface area contributed by atoms with Gasteiger partial charge in [0.1, 0.15) is 11.5 Å². The maximum Gasteiger partial charge on any atom is 0.343 e. The maximum absolute atomic E-state index is 12.5. The van der Waals surface area contributed by atoms with Crippen LogP contribution in [0.5, 0.6) is 11.5 Å². The predicted octanol–water partition coefficient (Wildman–Crippen LogP) is 3.98. The van der Waals surface area contributed by atoms with Crippen LogP contribution in [0, 0.1) is 0 Å². The SMILES string of the molecule is O=C(OCCCCO)c1ccc(OC(=O)c2ccc(C(=O)Oc3ccc(C(=O)OCCCCO)cc3)cc2)cc1. The molecule has 3 rings (SSSR count). The van der Waals surface area contributed by atoms with E-state index in [1.165, 1.54) is 72.8 Å². The van der Waals surface area contributed by atoms with Crippen LogP contribution in [0.1, 0.15) is 67.1 Å². The molecule has 0 aliphatic heterocycles. The quantitative estimate of drug-likeness (QED) is 0.172. The summed E-state index contributed by atoms with van der Waals surface area (Å²) in [5.74, 6) is -1.88. The first kappa shape index (κ1) is 30.0. The Morgan fingerprint density at radius 1 is 0.450 bits per heavy atom. The number of aliphatic hydroxyl groups is 2. The van der Waals surface area contributed by atoms with Gasteiger partial charge in [0.25, 0.3) is 0 Å². The van der Waals surface area contributed by atoms with E-state index in [0.717, 1.165) is 0 Å². The number of carbonyl (C=O) groups is 4. The molecule has 0 amide bonds. The Bertz CT molecular complexity index is 1160. The van der Waals surface area contributed by atoms with Gasteiger partial charge in [-0.05, 0) is 98.5 Å². The Labute approximate surface area is 231 Å². The fourth-order valence-electron chi connectivity index (χ4n) is 3.32. The normalized spacial score (nSPS) is 10.4. The number of esters is 4. The number of carbonyl (C=O) groups excluding carboxylic acids is 4. The Morgan fingerprint density at radius 3 is 1.07 bits per heavy atom. The topological polar surface area (TPSA) is 146 Å². The third kappa shape index (κ3) is 9.33. The number of rotatable bonds is 14. The van der Waals surface area contributed by atoms with Crippen molar-refractivity contribution in [2.24, 2.45) is 0 Å². The molecule has 40 heavy (non-hydrogen) atoms. The maximum atomic E-state index is 12.5. The van der Waals surface area contributed by atoms with Gasteiger partial charge in [-0.25, -0.2) is 19.2 Å². The summed E-state index contributed by atoms with van der Waals surface area (Å²) in [5.41, 5.74) is 1.00. The highest BCUT2D eigenvalue weighted by Gasteiger charge is 2.14. The molecule has 0 aliphatic carbocycles. The average molecular weight is 551 g/mol. The van der Waals surface area contributed by atoms with Gasteiger partial charge in [0, 0.05) is 13.2 Å². The highest BCUT2D eigenvalue weighted by molar-refractivity contribution is 5.95. The number of benzene rings is 3. The molecule has 0 atom stereocenters. The molecule has 0 saturated heterocycles. The summed E-state index contributed by atoms with van der Waals surface area (Å²) in [7, 11) is 0. The van der Waals surface area contributed by atoms with Crippen molar-refractivity contribution < 1.29 is 48.3 Å². The van der Waals surface area contributed by atoms with Crippen molar-refractivity contribution >= 4 is 23.9 Å². The summed E-state index contributed by atoms with van der Waals surface area (Å²) in [6.07, 6.45) is 2.22. The summed E-state index contributed by atoms with van der Waals surface area (Å²) < 4.78 is 20.9. The van der Waals surface area contributed by atoms with E-state index < -0.39 is 23.9 Å². The second-order valence-electron chi connectivity index (χ2n) is 8.54. The van der Waals surface area contributed by atoms with Crippen molar-refractivity contribution in [1.29, 1.82) is 0 Å². The third-order valence-corrected chi connectivity index (χ3v) is 5.53. The van der Waals surface area contributed by atoms with E-state index in [1.54, 1.807) is 0 Å². The Kier molecular flexibility index (Phi) is 11.8. The van der Waals surface area contributed by atoms with Gasteiger partial charge in [-0.3, -0.25) is 0 Å². The van der Waals surface area contributed by atoms with E-state index in [1.807, 2.05) is 0 Å². The molecule has 0 fully saturated rings. The molecule has 0 saturated carbocycles. The van der Waals surface area contributed by atoms with E-state index in [0.29, 0.717) is 36.8 Å². The zero-order chi connectivity index (χ0) is 28.7. The van der Waals surface area contributed by atoms with Crippen LogP contribution in [0.2, 0.25) is 0 Å². The van der Waals surface area contributed by atoms with Crippen LogP contribution < -0.4 is 9.47 Å². The van der Waals surface area contributed by atoms with Gasteiger partial charge in [-0.15, -0.1) is 0 Å². The van der Waals surface area contributed by atoms with E-state index in [2.05, 4.69) is 0 Å². The Morgan fingerprint density at radius 2 is 0.750 bits per heavy atom. The number of unbranched alkanes of at least 4 members (excludes halogenated alkanes) is 2. The lowest BCUT2D eigenvalue weighted by atomic mass is 10.1. The first-order valence-corrected chi connectivity index (χ1v) is 12.7. The minimum absolute atomic E-state index is 0.0357. The zero-order valence-corrected chi connectivity index (χ0v) is 21.7. The van der Waals surface area contributed by atoms with Gasteiger partial charge >= 0.3 is 23.9 Å². The van der Waals surface area contributed by atoms with E-state index >= 15 is 0 Å². The fraction of sp³-hybridized carbons (Fsp3) is 0.267. The molecule has 0 unspecified atom stereocenters. The highest BCUT2D eigenvalue weighted by Crippen LogP contribution is 2.18. The smallest absolute Gasteiger partial charge is 0.343 e. The molecule has 0 bridgehead atoms. The molecule has 2 N–H and O–H groups in total. The third-order valence-electron chi connectivity index (χ3n) is 5.53. The molecule has 10 heteroatoms. The van der Waals surface area contributed by atoms with Crippen molar-refractivity contribution in [2.75, 3.05) is 26.4 Å². The van der Waals surface area contributed by atoms with Crippen LogP contribution in [0.3, 0.4) is 0 Å². The van der Waals surface area contributed by atoms with Crippen molar-refractivity contribution in [3.63, 3.8) is 0 Å². The first-order chi connectivity index (χ1) is 19.4. The zero-order valence-electron chi connectivity index (χ0n) is 21.7. The molecule has 0 radical (unpaired) electrons. The first-order valence-electron chi connectivity index (χ1n) is 12.7. The van der Waals surface area contributed by atoms with Crippen molar-refractivity contribution in [2.45, 2.75) is 25.7 Å². The molecule has 0 aromatic heterocycles. The van der Waals surface area contributed by atoms with Crippen LogP contribution in [-0.4, -0.2) is 60.5 Å². The average Bonchev–Trinajstić information content (AvgIpc) is 2.98.